The van der Waals surface area contributed by atoms with E-state index in [4.69, 9.17) is 19.9 Å². The Morgan fingerprint density at radius 1 is 0.364 bits per heavy atom. The van der Waals surface area contributed by atoms with Gasteiger partial charge in [0.05, 0.1) is 38.9 Å². The molecular weight excluding hydrogens is 669 g/mol. The monoisotopic (exact) mass is 704 g/mol. The highest BCUT2D eigenvalue weighted by Crippen LogP contribution is 2.46. The van der Waals surface area contributed by atoms with Gasteiger partial charge in [-0.25, -0.2) is 9.97 Å². The first-order chi connectivity index (χ1) is 27.1. The Labute approximate surface area is 319 Å². The third-order valence-corrected chi connectivity index (χ3v) is 11.2. The molecule has 0 saturated heterocycles. The van der Waals surface area contributed by atoms with E-state index in [1.807, 2.05) is 24.5 Å². The fourth-order valence-corrected chi connectivity index (χ4v) is 8.45. The van der Waals surface area contributed by atoms with Crippen molar-refractivity contribution in [3.8, 4) is 22.5 Å². The summed E-state index contributed by atoms with van der Waals surface area (Å²) in [5.41, 5.74) is 14.2. The van der Waals surface area contributed by atoms with Crippen LogP contribution >= 0.6 is 0 Å². The molecule has 10 rings (SSSR count). The van der Waals surface area contributed by atoms with E-state index >= 15 is 0 Å². The van der Waals surface area contributed by atoms with Crippen molar-refractivity contribution in [2.75, 3.05) is 0 Å². The molecule has 0 aliphatic rings. The standard InChI is InChI=1S/C51H36N4/c1-33-31-45(54-49-43(33)27-21-37-11-9-29-52-47(37)49)35-17-23-41(24-18-35)51(39-13-5-3-6-14-39,40-15-7-4-8-16-40)42-25-19-36(20-26-42)46-32-34(2)44-28-22-38-12-10-30-53-48(38)50(44)55-46/h3-32H,1-2H3. The maximum atomic E-state index is 5.21. The highest BCUT2D eigenvalue weighted by Gasteiger charge is 2.38. The minimum Gasteiger partial charge on any atom is -0.254 e. The number of hydrogen-bond donors (Lipinski definition) is 0. The van der Waals surface area contributed by atoms with Crippen molar-refractivity contribution in [2.45, 2.75) is 19.3 Å². The van der Waals surface area contributed by atoms with Crippen LogP contribution in [-0.2, 0) is 5.41 Å². The molecule has 55 heavy (non-hydrogen) atoms. The molecule has 0 bridgehead atoms. The molecule has 0 atom stereocenters. The number of pyridine rings is 4. The van der Waals surface area contributed by atoms with Gasteiger partial charge in [-0.15, -0.1) is 0 Å². The number of fused-ring (bicyclic) bond motifs is 6. The van der Waals surface area contributed by atoms with Crippen LogP contribution in [0, 0.1) is 13.8 Å². The summed E-state index contributed by atoms with van der Waals surface area (Å²) in [4.78, 5) is 19.9. The molecule has 0 N–H and O–H groups in total. The summed E-state index contributed by atoms with van der Waals surface area (Å²) in [5.74, 6) is 0. The van der Waals surface area contributed by atoms with Gasteiger partial charge in [0.15, 0.2) is 0 Å². The highest BCUT2D eigenvalue weighted by atomic mass is 14.8. The molecule has 0 amide bonds. The smallest absolute Gasteiger partial charge is 0.0974 e. The maximum Gasteiger partial charge on any atom is 0.0974 e. The van der Waals surface area contributed by atoms with E-state index in [0.29, 0.717) is 0 Å². The van der Waals surface area contributed by atoms with Crippen LogP contribution in [0.2, 0.25) is 0 Å². The second-order valence-electron chi connectivity index (χ2n) is 14.4. The quantitative estimate of drug-likeness (QED) is 0.128. The van der Waals surface area contributed by atoms with Crippen molar-refractivity contribution in [2.24, 2.45) is 0 Å². The Hall–Kier alpha value is -7.04. The molecule has 0 aliphatic heterocycles. The Kier molecular flexibility index (Phi) is 7.77. The minimum atomic E-state index is -0.598. The molecule has 6 aromatic carbocycles. The van der Waals surface area contributed by atoms with Crippen LogP contribution < -0.4 is 0 Å². The molecule has 260 valence electrons. The van der Waals surface area contributed by atoms with Gasteiger partial charge < -0.3 is 0 Å². The molecule has 4 nitrogen and oxygen atoms in total. The van der Waals surface area contributed by atoms with Gasteiger partial charge in [-0.1, -0.05) is 146 Å². The third kappa shape index (κ3) is 5.37. The number of benzene rings is 6. The predicted molar refractivity (Wildman–Crippen MR) is 226 cm³/mol. The summed E-state index contributed by atoms with van der Waals surface area (Å²) in [6.45, 7) is 4.31. The van der Waals surface area contributed by atoms with Gasteiger partial charge in [-0.05, 0) is 71.5 Å². The second-order valence-corrected chi connectivity index (χ2v) is 14.4. The Morgan fingerprint density at radius 2 is 0.764 bits per heavy atom. The number of aromatic nitrogens is 4. The number of aryl methyl sites for hydroxylation is 2. The van der Waals surface area contributed by atoms with Crippen molar-refractivity contribution < 1.29 is 0 Å². The lowest BCUT2D eigenvalue weighted by molar-refractivity contribution is 0.745. The number of nitrogens with zero attached hydrogens (tertiary/aromatic N) is 4. The second kappa shape index (κ2) is 13.1. The van der Waals surface area contributed by atoms with Crippen molar-refractivity contribution in [3.63, 3.8) is 0 Å². The Bertz CT molecular complexity index is 2820. The molecule has 4 aromatic heterocycles. The zero-order chi connectivity index (χ0) is 36.9. The van der Waals surface area contributed by atoms with Gasteiger partial charge in [-0.3, -0.25) is 9.97 Å². The molecule has 0 radical (unpaired) electrons. The average Bonchev–Trinajstić information content (AvgIpc) is 3.25. The Balaban J connectivity index is 1.13. The highest BCUT2D eigenvalue weighted by molar-refractivity contribution is 6.05. The lowest BCUT2D eigenvalue weighted by Gasteiger charge is -2.37. The van der Waals surface area contributed by atoms with Gasteiger partial charge in [-0.2, -0.15) is 0 Å². The summed E-state index contributed by atoms with van der Waals surface area (Å²) in [6, 6.07) is 60.8. The maximum absolute atomic E-state index is 5.21. The van der Waals surface area contributed by atoms with E-state index in [2.05, 4.69) is 172 Å². The van der Waals surface area contributed by atoms with E-state index in [-0.39, 0.29) is 0 Å². The molecule has 4 heteroatoms. The van der Waals surface area contributed by atoms with Crippen LogP contribution in [0.5, 0.6) is 0 Å². The van der Waals surface area contributed by atoms with Crippen LogP contribution in [-0.4, -0.2) is 19.9 Å². The summed E-state index contributed by atoms with van der Waals surface area (Å²) >= 11 is 0. The van der Waals surface area contributed by atoms with Crippen molar-refractivity contribution >= 4 is 43.6 Å². The molecule has 4 heterocycles. The predicted octanol–water partition coefficient (Wildman–Crippen LogP) is 12.2. The molecule has 0 fully saturated rings. The molecule has 0 aliphatic carbocycles. The molecule has 0 saturated carbocycles. The summed E-state index contributed by atoms with van der Waals surface area (Å²) in [6.07, 6.45) is 3.69. The molecule has 0 spiro atoms. The lowest BCUT2D eigenvalue weighted by atomic mass is 9.65. The number of hydrogen-bond acceptors (Lipinski definition) is 4. The number of rotatable bonds is 6. The minimum absolute atomic E-state index is 0.598. The molecular formula is C51H36N4. The first-order valence-corrected chi connectivity index (χ1v) is 18.7. The summed E-state index contributed by atoms with van der Waals surface area (Å²) in [7, 11) is 0. The summed E-state index contributed by atoms with van der Waals surface area (Å²) < 4.78 is 0. The topological polar surface area (TPSA) is 51.6 Å². The fourth-order valence-electron chi connectivity index (χ4n) is 8.45. The van der Waals surface area contributed by atoms with E-state index in [9.17, 15) is 0 Å². The Morgan fingerprint density at radius 3 is 1.18 bits per heavy atom. The first kappa shape index (κ1) is 32.6. The zero-order valence-electron chi connectivity index (χ0n) is 30.6. The largest absolute Gasteiger partial charge is 0.254 e. The van der Waals surface area contributed by atoms with Crippen LogP contribution in [0.3, 0.4) is 0 Å². The average molecular weight is 705 g/mol. The van der Waals surface area contributed by atoms with Crippen LogP contribution in [0.1, 0.15) is 33.4 Å². The van der Waals surface area contributed by atoms with E-state index < -0.39 is 5.41 Å². The first-order valence-electron chi connectivity index (χ1n) is 18.7. The third-order valence-electron chi connectivity index (χ3n) is 11.2. The fraction of sp³-hybridized carbons (Fsp3) is 0.0588. The van der Waals surface area contributed by atoms with Gasteiger partial charge in [0.1, 0.15) is 0 Å². The van der Waals surface area contributed by atoms with Crippen LogP contribution in [0.4, 0.5) is 0 Å². The van der Waals surface area contributed by atoms with Crippen molar-refractivity contribution in [1.29, 1.82) is 0 Å². The van der Waals surface area contributed by atoms with E-state index in [1.54, 1.807) is 0 Å². The normalized spacial score (nSPS) is 11.8. The molecule has 10 aromatic rings. The molecule has 0 unspecified atom stereocenters. The summed E-state index contributed by atoms with van der Waals surface area (Å²) in [5, 5.41) is 4.43. The lowest BCUT2D eigenvalue weighted by Crippen LogP contribution is -2.31. The van der Waals surface area contributed by atoms with Gasteiger partial charge in [0, 0.05) is 45.1 Å². The zero-order valence-corrected chi connectivity index (χ0v) is 30.6. The van der Waals surface area contributed by atoms with Crippen LogP contribution in [0.15, 0.2) is 182 Å². The van der Waals surface area contributed by atoms with Crippen molar-refractivity contribution in [1.82, 2.24) is 19.9 Å². The van der Waals surface area contributed by atoms with Crippen molar-refractivity contribution in [3.05, 3.63) is 216 Å². The van der Waals surface area contributed by atoms with Gasteiger partial charge in [0.25, 0.3) is 0 Å². The van der Waals surface area contributed by atoms with E-state index in [1.165, 1.54) is 33.4 Å². The van der Waals surface area contributed by atoms with E-state index in [0.717, 1.165) is 66.1 Å². The van der Waals surface area contributed by atoms with Gasteiger partial charge in [0.2, 0.25) is 0 Å². The van der Waals surface area contributed by atoms with Crippen LogP contribution in [0.25, 0.3) is 66.1 Å². The van der Waals surface area contributed by atoms with Gasteiger partial charge >= 0.3 is 0 Å². The SMILES string of the molecule is Cc1cc(-c2ccc(C(c3ccccc3)(c3ccccc3)c3ccc(-c4cc(C)c5ccc6cccnc6c5n4)cc3)cc2)nc2c1ccc1cccnc12.